The molecule has 0 saturated heterocycles. The van der Waals surface area contributed by atoms with Crippen molar-refractivity contribution in [3.05, 3.63) is 29.0 Å². The van der Waals surface area contributed by atoms with E-state index in [0.29, 0.717) is 5.02 Å². The first-order valence-corrected chi connectivity index (χ1v) is 5.89. The predicted molar refractivity (Wildman–Crippen MR) is 67.8 cm³/mol. The van der Waals surface area contributed by atoms with Crippen LogP contribution in [0.1, 0.15) is 20.3 Å². The van der Waals surface area contributed by atoms with E-state index in [1.54, 1.807) is 0 Å². The topological polar surface area (TPSA) is 41.1 Å². The fourth-order valence-electron chi connectivity index (χ4n) is 1.20. The molecule has 0 aliphatic carbocycles. The normalized spacial score (nSPS) is 12.2. The van der Waals surface area contributed by atoms with Gasteiger partial charge in [-0.15, -0.1) is 0 Å². The summed E-state index contributed by atoms with van der Waals surface area (Å²) in [6.45, 7) is 4.17. The van der Waals surface area contributed by atoms with Gasteiger partial charge in [-0.05, 0) is 31.5 Å². The van der Waals surface area contributed by atoms with Crippen LogP contribution >= 0.6 is 11.6 Å². The number of hydrogen-bond acceptors (Lipinski definition) is 2. The summed E-state index contributed by atoms with van der Waals surface area (Å²) >= 11 is 5.61. The summed E-state index contributed by atoms with van der Waals surface area (Å²) in [4.78, 5) is 11.5. The maximum atomic E-state index is 13.4. The third kappa shape index (κ3) is 4.71. The first-order chi connectivity index (χ1) is 8.02. The molecule has 1 rings (SSSR count). The van der Waals surface area contributed by atoms with Crippen LogP contribution in [-0.4, -0.2) is 18.5 Å². The number of nitrogens with one attached hydrogen (secondary N) is 2. The second kappa shape index (κ2) is 6.57. The molecule has 2 N–H and O–H groups in total. The Bertz CT molecular complexity index is 398. The summed E-state index contributed by atoms with van der Waals surface area (Å²) in [7, 11) is 0. The molecule has 1 aromatic carbocycles. The number of carbonyl (C=O) groups excluding carboxylic acids is 1. The molecule has 1 aromatic rings. The van der Waals surface area contributed by atoms with Crippen molar-refractivity contribution < 1.29 is 9.18 Å². The number of hydrogen-bond donors (Lipinski definition) is 2. The average Bonchev–Trinajstić information content (AvgIpc) is 2.29. The number of amides is 1. The first kappa shape index (κ1) is 13.9. The van der Waals surface area contributed by atoms with Crippen molar-refractivity contribution in [1.82, 2.24) is 5.32 Å². The Kier molecular flexibility index (Phi) is 5.38. The fourth-order valence-corrected chi connectivity index (χ4v) is 1.36. The zero-order valence-corrected chi connectivity index (χ0v) is 10.6. The van der Waals surface area contributed by atoms with Gasteiger partial charge in [0, 0.05) is 11.1 Å². The molecule has 0 radical (unpaired) electrons. The van der Waals surface area contributed by atoms with Crippen molar-refractivity contribution >= 4 is 23.2 Å². The van der Waals surface area contributed by atoms with E-state index in [1.807, 2.05) is 13.8 Å². The van der Waals surface area contributed by atoms with Gasteiger partial charge in [-0.1, -0.05) is 18.5 Å². The molecular formula is C12H16ClFN2O. The highest BCUT2D eigenvalue weighted by Crippen LogP contribution is 2.18. The molecule has 94 valence electrons. The maximum absolute atomic E-state index is 13.4. The van der Waals surface area contributed by atoms with Gasteiger partial charge >= 0.3 is 0 Å². The van der Waals surface area contributed by atoms with Crippen molar-refractivity contribution in [3.63, 3.8) is 0 Å². The molecular weight excluding hydrogens is 243 g/mol. The van der Waals surface area contributed by atoms with Crippen LogP contribution in [0.3, 0.4) is 0 Å². The average molecular weight is 259 g/mol. The number of halogens is 2. The Balaban J connectivity index is 2.50. The predicted octanol–water partition coefficient (Wildman–Crippen LogP) is 2.81. The van der Waals surface area contributed by atoms with Crippen LogP contribution in [0.25, 0.3) is 0 Å². The van der Waals surface area contributed by atoms with Gasteiger partial charge in [0.15, 0.2) is 0 Å². The quantitative estimate of drug-likeness (QED) is 0.853. The van der Waals surface area contributed by atoms with E-state index in [9.17, 15) is 9.18 Å². The second-order valence-corrected chi connectivity index (χ2v) is 4.30. The zero-order chi connectivity index (χ0) is 12.8. The Morgan fingerprint density at radius 1 is 1.53 bits per heavy atom. The van der Waals surface area contributed by atoms with E-state index in [2.05, 4.69) is 10.6 Å². The van der Waals surface area contributed by atoms with E-state index in [1.165, 1.54) is 18.2 Å². The minimum Gasteiger partial charge on any atom is -0.322 e. The maximum Gasteiger partial charge on any atom is 0.238 e. The molecule has 0 aliphatic heterocycles. The SMILES string of the molecule is CCC(C)NCC(=O)Nc1ccc(Cl)cc1F. The summed E-state index contributed by atoms with van der Waals surface area (Å²) in [6, 6.07) is 4.40. The van der Waals surface area contributed by atoms with Gasteiger partial charge in [0.05, 0.1) is 12.2 Å². The van der Waals surface area contributed by atoms with Gasteiger partial charge in [-0.3, -0.25) is 4.79 Å². The van der Waals surface area contributed by atoms with Gasteiger partial charge in [0.25, 0.3) is 0 Å². The van der Waals surface area contributed by atoms with Gasteiger partial charge < -0.3 is 10.6 Å². The number of benzene rings is 1. The lowest BCUT2D eigenvalue weighted by molar-refractivity contribution is -0.115. The Hall–Kier alpha value is -1.13. The molecule has 17 heavy (non-hydrogen) atoms. The smallest absolute Gasteiger partial charge is 0.238 e. The Labute approximate surface area is 105 Å². The molecule has 0 aliphatic rings. The molecule has 0 heterocycles. The lowest BCUT2D eigenvalue weighted by Gasteiger charge is -2.11. The van der Waals surface area contributed by atoms with Crippen LogP contribution in [0.2, 0.25) is 5.02 Å². The van der Waals surface area contributed by atoms with E-state index in [0.717, 1.165) is 6.42 Å². The van der Waals surface area contributed by atoms with Gasteiger partial charge in [-0.25, -0.2) is 4.39 Å². The summed E-state index contributed by atoms with van der Waals surface area (Å²) in [5, 5.41) is 5.81. The summed E-state index contributed by atoms with van der Waals surface area (Å²) in [5.74, 6) is -0.805. The van der Waals surface area contributed by atoms with Crippen molar-refractivity contribution in [1.29, 1.82) is 0 Å². The van der Waals surface area contributed by atoms with Crippen LogP contribution in [0.4, 0.5) is 10.1 Å². The summed E-state index contributed by atoms with van der Waals surface area (Å²) in [6.07, 6.45) is 0.933. The molecule has 1 amide bonds. The molecule has 1 atom stereocenters. The van der Waals surface area contributed by atoms with E-state index < -0.39 is 5.82 Å². The van der Waals surface area contributed by atoms with Gasteiger partial charge in [0.2, 0.25) is 5.91 Å². The Morgan fingerprint density at radius 2 is 2.24 bits per heavy atom. The number of anilines is 1. The van der Waals surface area contributed by atoms with Crippen LogP contribution in [-0.2, 0) is 4.79 Å². The summed E-state index contributed by atoms with van der Waals surface area (Å²) in [5.41, 5.74) is 0.144. The molecule has 0 saturated carbocycles. The highest BCUT2D eigenvalue weighted by molar-refractivity contribution is 6.30. The van der Waals surface area contributed by atoms with Crippen molar-refractivity contribution in [2.24, 2.45) is 0 Å². The van der Waals surface area contributed by atoms with Crippen LogP contribution in [0.5, 0.6) is 0 Å². The fraction of sp³-hybridized carbons (Fsp3) is 0.417. The number of carbonyl (C=O) groups is 1. The first-order valence-electron chi connectivity index (χ1n) is 5.51. The minimum atomic E-state index is -0.533. The van der Waals surface area contributed by atoms with Crippen LogP contribution < -0.4 is 10.6 Å². The van der Waals surface area contributed by atoms with Gasteiger partial charge in [-0.2, -0.15) is 0 Å². The molecule has 0 aromatic heterocycles. The molecule has 5 heteroatoms. The molecule has 3 nitrogen and oxygen atoms in total. The van der Waals surface area contributed by atoms with Crippen LogP contribution in [0, 0.1) is 5.82 Å². The Morgan fingerprint density at radius 3 is 2.82 bits per heavy atom. The van der Waals surface area contributed by atoms with Crippen molar-refractivity contribution in [3.8, 4) is 0 Å². The third-order valence-electron chi connectivity index (χ3n) is 2.43. The van der Waals surface area contributed by atoms with E-state index in [-0.39, 0.29) is 24.2 Å². The van der Waals surface area contributed by atoms with Gasteiger partial charge in [0.1, 0.15) is 5.82 Å². The number of rotatable bonds is 5. The largest absolute Gasteiger partial charge is 0.322 e. The lowest BCUT2D eigenvalue weighted by Crippen LogP contribution is -2.34. The minimum absolute atomic E-state index is 0.144. The van der Waals surface area contributed by atoms with Crippen molar-refractivity contribution in [2.75, 3.05) is 11.9 Å². The van der Waals surface area contributed by atoms with Crippen LogP contribution in [0.15, 0.2) is 18.2 Å². The van der Waals surface area contributed by atoms with E-state index >= 15 is 0 Å². The van der Waals surface area contributed by atoms with E-state index in [4.69, 9.17) is 11.6 Å². The molecule has 1 unspecified atom stereocenters. The summed E-state index contributed by atoms with van der Waals surface area (Å²) < 4.78 is 13.4. The highest BCUT2D eigenvalue weighted by Gasteiger charge is 2.08. The third-order valence-corrected chi connectivity index (χ3v) is 2.66. The highest BCUT2D eigenvalue weighted by atomic mass is 35.5. The monoisotopic (exact) mass is 258 g/mol. The molecule has 0 spiro atoms. The zero-order valence-electron chi connectivity index (χ0n) is 9.89. The molecule has 0 fully saturated rings. The second-order valence-electron chi connectivity index (χ2n) is 3.86. The standard InChI is InChI=1S/C12H16ClFN2O/c1-3-8(2)15-7-12(17)16-11-5-4-9(13)6-10(11)14/h4-6,8,15H,3,7H2,1-2H3,(H,16,17). The van der Waals surface area contributed by atoms with Crippen molar-refractivity contribution in [2.45, 2.75) is 26.3 Å². The lowest BCUT2D eigenvalue weighted by atomic mass is 10.2. The molecule has 0 bridgehead atoms.